The van der Waals surface area contributed by atoms with Gasteiger partial charge in [-0.3, -0.25) is 0 Å². The molecular weight excluding hydrogens is 316 g/mol. The van der Waals surface area contributed by atoms with Crippen molar-refractivity contribution in [2.45, 2.75) is 18.7 Å². The first-order valence-corrected chi connectivity index (χ1v) is 8.31. The lowest BCUT2D eigenvalue weighted by molar-refractivity contribution is 1.06. The number of nitrogens with one attached hydrogen (secondary N) is 1. The third kappa shape index (κ3) is 3.92. The molecular formula is C19H16N4S. The summed E-state index contributed by atoms with van der Waals surface area (Å²) in [6, 6.07) is 17.9. The van der Waals surface area contributed by atoms with Crippen molar-refractivity contribution in [3.8, 4) is 16.7 Å². The van der Waals surface area contributed by atoms with Crippen LogP contribution in [0.4, 0.5) is 11.5 Å². The molecule has 0 aliphatic carbocycles. The molecule has 24 heavy (non-hydrogen) atoms. The molecule has 1 N–H and O–H groups in total. The van der Waals surface area contributed by atoms with Crippen molar-refractivity contribution in [2.24, 2.45) is 0 Å². The van der Waals surface area contributed by atoms with Crippen LogP contribution in [0.15, 0.2) is 59.5 Å². The Kier molecular flexibility index (Phi) is 4.78. The summed E-state index contributed by atoms with van der Waals surface area (Å²) < 4.78 is 0. The molecule has 0 atom stereocenters. The van der Waals surface area contributed by atoms with E-state index in [9.17, 15) is 0 Å². The van der Waals surface area contributed by atoms with E-state index in [4.69, 9.17) is 5.26 Å². The molecule has 0 aliphatic rings. The number of hydrogen-bond acceptors (Lipinski definition) is 5. The summed E-state index contributed by atoms with van der Waals surface area (Å²) in [6.07, 6.45) is 0. The average molecular weight is 332 g/mol. The summed E-state index contributed by atoms with van der Waals surface area (Å²) in [7, 11) is 0. The van der Waals surface area contributed by atoms with Crippen LogP contribution in [-0.4, -0.2) is 9.97 Å². The second kappa shape index (κ2) is 7.16. The number of aromatic nitrogens is 2. The molecule has 0 amide bonds. The van der Waals surface area contributed by atoms with Crippen molar-refractivity contribution in [3.05, 3.63) is 66.0 Å². The fraction of sp³-hybridized carbons (Fsp3) is 0.105. The van der Waals surface area contributed by atoms with Gasteiger partial charge in [0.15, 0.2) is 0 Å². The second-order valence-electron chi connectivity index (χ2n) is 5.40. The van der Waals surface area contributed by atoms with Crippen LogP contribution in [0.1, 0.15) is 11.4 Å². The van der Waals surface area contributed by atoms with Crippen LogP contribution >= 0.6 is 11.8 Å². The molecule has 0 radical (unpaired) electrons. The van der Waals surface area contributed by atoms with Crippen LogP contribution in [0.5, 0.6) is 0 Å². The number of thioether (sulfide) groups is 1. The molecule has 1 heterocycles. The maximum Gasteiger partial charge on any atom is 0.138 e. The largest absolute Gasteiger partial charge is 0.340 e. The third-order valence-electron chi connectivity index (χ3n) is 3.44. The van der Waals surface area contributed by atoms with Crippen molar-refractivity contribution in [3.63, 3.8) is 0 Å². The van der Waals surface area contributed by atoms with E-state index in [1.54, 1.807) is 0 Å². The standard InChI is InChI=1S/C19H16N4S/c1-13-4-3-5-15(10-13)18-11-19(22-14(2)21-18)23-16-6-8-17(9-7-16)24-12-20/h3-11H,1-2H3,(H,21,22,23). The molecule has 118 valence electrons. The molecule has 4 nitrogen and oxygen atoms in total. The van der Waals surface area contributed by atoms with Gasteiger partial charge in [0.1, 0.15) is 17.0 Å². The van der Waals surface area contributed by atoms with E-state index < -0.39 is 0 Å². The average Bonchev–Trinajstić information content (AvgIpc) is 2.56. The van der Waals surface area contributed by atoms with Crippen LogP contribution in [0.2, 0.25) is 0 Å². The van der Waals surface area contributed by atoms with Crippen molar-refractivity contribution in [1.82, 2.24) is 9.97 Å². The SMILES string of the molecule is Cc1cccc(-c2cc(Nc3ccc(SC#N)cc3)nc(C)n2)c1. The molecule has 5 heteroatoms. The number of anilines is 2. The van der Waals surface area contributed by atoms with Gasteiger partial charge in [0, 0.05) is 22.2 Å². The summed E-state index contributed by atoms with van der Waals surface area (Å²) in [5, 5.41) is 14.1. The summed E-state index contributed by atoms with van der Waals surface area (Å²) in [5.74, 6) is 1.47. The zero-order valence-electron chi connectivity index (χ0n) is 13.4. The maximum absolute atomic E-state index is 8.69. The smallest absolute Gasteiger partial charge is 0.138 e. The Balaban J connectivity index is 1.87. The van der Waals surface area contributed by atoms with Crippen LogP contribution in [-0.2, 0) is 0 Å². The van der Waals surface area contributed by atoms with Gasteiger partial charge >= 0.3 is 0 Å². The van der Waals surface area contributed by atoms with Crippen molar-refractivity contribution in [2.75, 3.05) is 5.32 Å². The van der Waals surface area contributed by atoms with Crippen molar-refractivity contribution in [1.29, 1.82) is 5.26 Å². The van der Waals surface area contributed by atoms with E-state index in [1.165, 1.54) is 5.56 Å². The Labute approximate surface area is 145 Å². The molecule has 2 aromatic carbocycles. The third-order valence-corrected chi connectivity index (χ3v) is 4.04. The molecule has 0 fully saturated rings. The van der Waals surface area contributed by atoms with E-state index in [1.807, 2.05) is 49.4 Å². The Morgan fingerprint density at radius 2 is 1.79 bits per heavy atom. The van der Waals surface area contributed by atoms with Crippen molar-refractivity contribution < 1.29 is 0 Å². The minimum Gasteiger partial charge on any atom is -0.340 e. The Hall–Kier alpha value is -2.84. The van der Waals surface area contributed by atoms with Gasteiger partial charge in [-0.1, -0.05) is 23.8 Å². The first kappa shape index (κ1) is 16.0. The molecule has 0 unspecified atom stereocenters. The van der Waals surface area contributed by atoms with Crippen LogP contribution in [0, 0.1) is 24.5 Å². The number of rotatable bonds is 4. The highest BCUT2D eigenvalue weighted by atomic mass is 32.2. The molecule has 0 saturated carbocycles. The van der Waals surface area contributed by atoms with Crippen molar-refractivity contribution >= 4 is 23.3 Å². The summed E-state index contributed by atoms with van der Waals surface area (Å²) in [5.41, 5.74) is 4.09. The number of aryl methyl sites for hydroxylation is 2. The van der Waals surface area contributed by atoms with E-state index in [0.29, 0.717) is 5.82 Å². The topological polar surface area (TPSA) is 61.6 Å². The quantitative estimate of drug-likeness (QED) is 0.533. The minimum absolute atomic E-state index is 0.716. The normalized spacial score (nSPS) is 10.2. The minimum atomic E-state index is 0.716. The lowest BCUT2D eigenvalue weighted by Gasteiger charge is -2.09. The molecule has 1 aromatic heterocycles. The predicted octanol–water partition coefficient (Wildman–Crippen LogP) is 5.08. The summed E-state index contributed by atoms with van der Waals surface area (Å²) in [4.78, 5) is 9.91. The Morgan fingerprint density at radius 1 is 1.00 bits per heavy atom. The number of hydrogen-bond donors (Lipinski definition) is 1. The first-order chi connectivity index (χ1) is 11.6. The van der Waals surface area contributed by atoms with Crippen LogP contribution < -0.4 is 5.32 Å². The van der Waals surface area contributed by atoms with Gasteiger partial charge in [-0.2, -0.15) is 5.26 Å². The lowest BCUT2D eigenvalue weighted by Crippen LogP contribution is -1.99. The van der Waals surface area contributed by atoms with Crippen LogP contribution in [0.3, 0.4) is 0 Å². The van der Waals surface area contributed by atoms with E-state index in [-0.39, 0.29) is 0 Å². The Bertz CT molecular complexity index is 898. The van der Waals surface area contributed by atoms with Gasteiger partial charge in [0.2, 0.25) is 0 Å². The molecule has 0 aliphatic heterocycles. The van der Waals surface area contributed by atoms with Gasteiger partial charge in [0.05, 0.1) is 5.69 Å². The van der Waals surface area contributed by atoms with Gasteiger partial charge in [0.25, 0.3) is 0 Å². The van der Waals surface area contributed by atoms with E-state index >= 15 is 0 Å². The maximum atomic E-state index is 8.69. The summed E-state index contributed by atoms with van der Waals surface area (Å²) in [6.45, 7) is 3.95. The zero-order chi connectivity index (χ0) is 16.9. The van der Waals surface area contributed by atoms with E-state index in [0.717, 1.165) is 39.4 Å². The first-order valence-electron chi connectivity index (χ1n) is 7.50. The number of nitriles is 1. The molecule has 0 spiro atoms. The zero-order valence-corrected chi connectivity index (χ0v) is 14.3. The fourth-order valence-corrected chi connectivity index (χ4v) is 2.77. The van der Waals surface area contributed by atoms with Gasteiger partial charge < -0.3 is 5.32 Å². The highest BCUT2D eigenvalue weighted by Crippen LogP contribution is 2.24. The second-order valence-corrected chi connectivity index (χ2v) is 6.26. The predicted molar refractivity (Wildman–Crippen MR) is 98.1 cm³/mol. The monoisotopic (exact) mass is 332 g/mol. The van der Waals surface area contributed by atoms with Gasteiger partial charge in [-0.05, 0) is 55.9 Å². The van der Waals surface area contributed by atoms with Crippen LogP contribution in [0.25, 0.3) is 11.3 Å². The fourth-order valence-electron chi connectivity index (χ4n) is 2.39. The number of benzene rings is 2. The molecule has 3 rings (SSSR count). The lowest BCUT2D eigenvalue weighted by atomic mass is 10.1. The number of nitrogens with zero attached hydrogens (tertiary/aromatic N) is 3. The van der Waals surface area contributed by atoms with Gasteiger partial charge in [-0.15, -0.1) is 0 Å². The molecule has 0 bridgehead atoms. The van der Waals surface area contributed by atoms with Gasteiger partial charge in [-0.25, -0.2) is 9.97 Å². The molecule has 0 saturated heterocycles. The highest BCUT2D eigenvalue weighted by molar-refractivity contribution is 8.03. The Morgan fingerprint density at radius 3 is 2.50 bits per heavy atom. The number of thiocyanates is 1. The highest BCUT2D eigenvalue weighted by Gasteiger charge is 2.05. The molecule has 3 aromatic rings. The summed E-state index contributed by atoms with van der Waals surface area (Å²) >= 11 is 1.15. The van der Waals surface area contributed by atoms with E-state index in [2.05, 4.69) is 39.7 Å².